The molecule has 2 aliphatic rings. The molecule has 2 atom stereocenters. The van der Waals surface area contributed by atoms with Crippen molar-refractivity contribution in [1.29, 1.82) is 0 Å². The van der Waals surface area contributed by atoms with E-state index in [-0.39, 0.29) is 5.91 Å². The van der Waals surface area contributed by atoms with Gasteiger partial charge in [-0.1, -0.05) is 5.16 Å². The molecule has 2 heterocycles. The number of carbonyl (C=O) groups is 2. The molecule has 1 aromatic rings. The fourth-order valence-corrected chi connectivity index (χ4v) is 3.36. The first-order valence-corrected chi connectivity index (χ1v) is 9.82. The van der Waals surface area contributed by atoms with E-state index in [1.54, 1.807) is 27.7 Å². The van der Waals surface area contributed by atoms with E-state index >= 15 is 0 Å². The summed E-state index contributed by atoms with van der Waals surface area (Å²) in [5, 5.41) is 6.69. The van der Waals surface area contributed by atoms with Crippen LogP contribution in [0.15, 0.2) is 4.52 Å². The maximum atomic E-state index is 12.7. The molecule has 0 spiro atoms. The molecule has 0 aromatic carbocycles. The third-order valence-electron chi connectivity index (χ3n) is 4.82. The molecule has 1 aliphatic heterocycles. The summed E-state index contributed by atoms with van der Waals surface area (Å²) < 4.78 is 10.6. The van der Waals surface area contributed by atoms with Crippen molar-refractivity contribution in [3.63, 3.8) is 0 Å². The highest BCUT2D eigenvalue weighted by Crippen LogP contribution is 2.38. The van der Waals surface area contributed by atoms with Crippen LogP contribution in [0.3, 0.4) is 0 Å². The number of rotatable bonds is 5. The van der Waals surface area contributed by atoms with Crippen LogP contribution in [-0.4, -0.2) is 51.8 Å². The smallest absolute Gasteiger partial charge is 0.408 e. The first kappa shape index (κ1) is 19.6. The summed E-state index contributed by atoms with van der Waals surface area (Å²) in [5.74, 6) is 2.17. The van der Waals surface area contributed by atoms with Crippen LogP contribution in [0.4, 0.5) is 4.79 Å². The lowest BCUT2D eigenvalue weighted by Gasteiger charge is -2.34. The largest absolute Gasteiger partial charge is 0.444 e. The summed E-state index contributed by atoms with van der Waals surface area (Å²) in [6.07, 6.45) is 4.37. The van der Waals surface area contributed by atoms with Gasteiger partial charge in [0.25, 0.3) is 0 Å². The minimum atomic E-state index is -0.622. The molecule has 0 unspecified atom stereocenters. The molecule has 0 bridgehead atoms. The SMILES string of the molecule is C[C@H](NC(=O)OC(C)(C)C)C(=O)N1CCC[C@@H](Cc2nc(C3CC3)no2)C1. The lowest BCUT2D eigenvalue weighted by Crippen LogP contribution is -2.51. The normalized spacial score (nSPS) is 21.6. The fourth-order valence-electron chi connectivity index (χ4n) is 3.36. The van der Waals surface area contributed by atoms with Crippen LogP contribution in [0.5, 0.6) is 0 Å². The number of hydrogen-bond donors (Lipinski definition) is 1. The van der Waals surface area contributed by atoms with E-state index in [0.717, 1.165) is 31.5 Å². The number of carbonyl (C=O) groups excluding carboxylic acids is 2. The molecule has 8 heteroatoms. The molecular formula is C19H30N4O4. The third-order valence-corrected chi connectivity index (χ3v) is 4.82. The second-order valence-corrected chi connectivity index (χ2v) is 8.69. The molecule has 0 radical (unpaired) electrons. The van der Waals surface area contributed by atoms with Gasteiger partial charge in [0.05, 0.1) is 0 Å². The molecular weight excluding hydrogens is 348 g/mol. The predicted octanol–water partition coefficient (Wildman–Crippen LogP) is 2.64. The zero-order valence-corrected chi connectivity index (χ0v) is 16.7. The van der Waals surface area contributed by atoms with E-state index in [9.17, 15) is 9.59 Å². The first-order chi connectivity index (χ1) is 12.7. The maximum absolute atomic E-state index is 12.7. The van der Waals surface area contributed by atoms with E-state index in [1.807, 2.05) is 4.90 Å². The highest BCUT2D eigenvalue weighted by Gasteiger charge is 2.31. The van der Waals surface area contributed by atoms with Crippen LogP contribution >= 0.6 is 0 Å². The lowest BCUT2D eigenvalue weighted by atomic mass is 9.94. The van der Waals surface area contributed by atoms with Gasteiger partial charge >= 0.3 is 6.09 Å². The van der Waals surface area contributed by atoms with E-state index in [2.05, 4.69) is 15.5 Å². The molecule has 1 aliphatic carbocycles. The van der Waals surface area contributed by atoms with Crippen molar-refractivity contribution in [2.75, 3.05) is 13.1 Å². The molecule has 1 N–H and O–H groups in total. The predicted molar refractivity (Wildman–Crippen MR) is 98.1 cm³/mol. The zero-order valence-electron chi connectivity index (χ0n) is 16.7. The molecule has 3 rings (SSSR count). The number of aromatic nitrogens is 2. The van der Waals surface area contributed by atoms with Crippen molar-refractivity contribution >= 4 is 12.0 Å². The average Bonchev–Trinajstić information content (AvgIpc) is 3.32. The average molecular weight is 378 g/mol. The van der Waals surface area contributed by atoms with Crippen molar-refractivity contribution in [1.82, 2.24) is 20.4 Å². The highest BCUT2D eigenvalue weighted by molar-refractivity contribution is 5.85. The van der Waals surface area contributed by atoms with Gasteiger partial charge in [-0.25, -0.2) is 4.79 Å². The van der Waals surface area contributed by atoms with Crippen LogP contribution in [-0.2, 0) is 16.0 Å². The Kier molecular flexibility index (Phi) is 5.72. The van der Waals surface area contributed by atoms with Crippen molar-refractivity contribution < 1.29 is 18.8 Å². The molecule has 27 heavy (non-hydrogen) atoms. The van der Waals surface area contributed by atoms with E-state index in [0.29, 0.717) is 37.2 Å². The van der Waals surface area contributed by atoms with E-state index in [1.165, 1.54) is 0 Å². The van der Waals surface area contributed by atoms with Gasteiger partial charge < -0.3 is 19.5 Å². The highest BCUT2D eigenvalue weighted by atomic mass is 16.6. The lowest BCUT2D eigenvalue weighted by molar-refractivity contribution is -0.134. The van der Waals surface area contributed by atoms with Crippen molar-refractivity contribution in [3.05, 3.63) is 11.7 Å². The Labute approximate surface area is 160 Å². The van der Waals surface area contributed by atoms with Crippen LogP contribution in [0, 0.1) is 5.92 Å². The number of hydrogen-bond acceptors (Lipinski definition) is 6. The summed E-state index contributed by atoms with van der Waals surface area (Å²) in [6.45, 7) is 8.41. The molecule has 1 saturated heterocycles. The second kappa shape index (κ2) is 7.86. The number of likely N-dealkylation sites (tertiary alicyclic amines) is 1. The second-order valence-electron chi connectivity index (χ2n) is 8.69. The Morgan fingerprint density at radius 1 is 1.33 bits per heavy atom. The van der Waals surface area contributed by atoms with Gasteiger partial charge in [-0.15, -0.1) is 0 Å². The van der Waals surface area contributed by atoms with Crippen LogP contribution < -0.4 is 5.32 Å². The monoisotopic (exact) mass is 378 g/mol. The number of nitrogens with one attached hydrogen (secondary N) is 1. The standard InChI is InChI=1S/C19H30N4O4/c1-12(20-18(25)26-19(2,3)4)17(24)23-9-5-6-13(11-23)10-15-21-16(22-27-15)14-7-8-14/h12-14H,5-11H2,1-4H3,(H,20,25)/t12-,13-/m0/s1. The van der Waals surface area contributed by atoms with Crippen molar-refractivity contribution in [3.8, 4) is 0 Å². The van der Waals surface area contributed by atoms with E-state index in [4.69, 9.17) is 9.26 Å². The van der Waals surface area contributed by atoms with Crippen LogP contribution in [0.25, 0.3) is 0 Å². The fraction of sp³-hybridized carbons (Fsp3) is 0.789. The Bertz CT molecular complexity index is 677. The van der Waals surface area contributed by atoms with Crippen LogP contribution in [0.1, 0.15) is 71.0 Å². The van der Waals surface area contributed by atoms with Gasteiger partial charge in [0.15, 0.2) is 5.82 Å². The van der Waals surface area contributed by atoms with Gasteiger partial charge in [0.2, 0.25) is 11.8 Å². The number of ether oxygens (including phenoxy) is 1. The Hall–Kier alpha value is -2.12. The molecule has 1 saturated carbocycles. The number of amides is 2. The summed E-state index contributed by atoms with van der Waals surface area (Å²) in [4.78, 5) is 30.9. The van der Waals surface area contributed by atoms with Gasteiger partial charge in [0.1, 0.15) is 11.6 Å². The first-order valence-electron chi connectivity index (χ1n) is 9.82. The molecule has 2 amide bonds. The Balaban J connectivity index is 1.50. The third kappa shape index (κ3) is 5.68. The Morgan fingerprint density at radius 3 is 2.74 bits per heavy atom. The molecule has 150 valence electrons. The number of piperidine rings is 1. The van der Waals surface area contributed by atoms with Gasteiger partial charge in [-0.3, -0.25) is 4.79 Å². The van der Waals surface area contributed by atoms with Gasteiger partial charge in [-0.2, -0.15) is 4.98 Å². The molecule has 2 fully saturated rings. The maximum Gasteiger partial charge on any atom is 0.408 e. The summed E-state index contributed by atoms with van der Waals surface area (Å²) in [7, 11) is 0. The van der Waals surface area contributed by atoms with Crippen LogP contribution in [0.2, 0.25) is 0 Å². The number of nitrogens with zero attached hydrogens (tertiary/aromatic N) is 3. The topological polar surface area (TPSA) is 97.6 Å². The summed E-state index contributed by atoms with van der Waals surface area (Å²) >= 11 is 0. The molecule has 1 aromatic heterocycles. The summed E-state index contributed by atoms with van der Waals surface area (Å²) in [5.41, 5.74) is -0.591. The minimum Gasteiger partial charge on any atom is -0.444 e. The Morgan fingerprint density at radius 2 is 2.07 bits per heavy atom. The minimum absolute atomic E-state index is 0.0882. The number of alkyl carbamates (subject to hydrolysis) is 1. The molecule has 8 nitrogen and oxygen atoms in total. The zero-order chi connectivity index (χ0) is 19.6. The van der Waals surface area contributed by atoms with Gasteiger partial charge in [-0.05, 0) is 59.3 Å². The summed E-state index contributed by atoms with van der Waals surface area (Å²) in [6, 6.07) is -0.622. The quantitative estimate of drug-likeness (QED) is 0.846. The van der Waals surface area contributed by atoms with Gasteiger partial charge in [0, 0.05) is 25.4 Å². The van der Waals surface area contributed by atoms with E-state index < -0.39 is 17.7 Å². The van der Waals surface area contributed by atoms with Crippen molar-refractivity contribution in [2.45, 2.75) is 77.4 Å². The van der Waals surface area contributed by atoms with Crippen molar-refractivity contribution in [2.24, 2.45) is 5.92 Å².